The van der Waals surface area contributed by atoms with E-state index in [2.05, 4.69) is 48.6 Å². The highest BCUT2D eigenvalue weighted by molar-refractivity contribution is 4.84. The fourth-order valence-electron chi connectivity index (χ4n) is 6.80. The van der Waals surface area contributed by atoms with Crippen LogP contribution >= 0.6 is 0 Å². The van der Waals surface area contributed by atoms with Crippen molar-refractivity contribution in [2.45, 2.75) is 231 Å². The van der Waals surface area contributed by atoms with Gasteiger partial charge in [0.15, 0.2) is 12.6 Å². The van der Waals surface area contributed by atoms with Crippen LogP contribution < -0.4 is 0 Å². The van der Waals surface area contributed by atoms with Crippen LogP contribution in [0.25, 0.3) is 0 Å². The van der Waals surface area contributed by atoms with Crippen LogP contribution in [0.15, 0.2) is 48.6 Å². The van der Waals surface area contributed by atoms with Gasteiger partial charge in [-0.15, -0.1) is 0 Å². The van der Waals surface area contributed by atoms with E-state index in [0.717, 1.165) is 90.6 Å². The van der Waals surface area contributed by atoms with Crippen molar-refractivity contribution in [2.75, 3.05) is 33.0 Å². The number of ether oxygens (including phenoxy) is 4. The SMILES string of the molecule is CC(O)CCC/C=C\CCCCCCC/C=C\CCCCOC1CCCCO1.OCCCC/C=C\CCCCCCC/C=C\CCCCOC1CCCCO1. The molecule has 0 spiro atoms. The van der Waals surface area contributed by atoms with E-state index in [1.54, 1.807) is 0 Å². The van der Waals surface area contributed by atoms with E-state index in [1.807, 2.05) is 6.92 Å². The molecule has 2 heterocycles. The maximum atomic E-state index is 9.19. The topological polar surface area (TPSA) is 77.4 Å². The lowest BCUT2D eigenvalue weighted by atomic mass is 10.1. The molecule has 3 unspecified atom stereocenters. The molecular weight excluding hydrogens is 685 g/mol. The predicted molar refractivity (Wildman–Crippen MR) is 234 cm³/mol. The highest BCUT2D eigenvalue weighted by atomic mass is 16.7. The minimum atomic E-state index is -0.149. The van der Waals surface area contributed by atoms with Crippen LogP contribution in [0, 0.1) is 0 Å². The van der Waals surface area contributed by atoms with Gasteiger partial charge < -0.3 is 29.2 Å². The van der Waals surface area contributed by atoms with Crippen LogP contribution in [-0.4, -0.2) is 61.9 Å². The maximum Gasteiger partial charge on any atom is 0.157 e. The first kappa shape index (κ1) is 51.7. The van der Waals surface area contributed by atoms with Crippen LogP contribution in [0.3, 0.4) is 0 Å². The Kier molecular flexibility index (Phi) is 41.2. The molecule has 2 N–H and O–H groups in total. The van der Waals surface area contributed by atoms with Crippen LogP contribution in [0.4, 0.5) is 0 Å². The molecule has 0 bridgehead atoms. The van der Waals surface area contributed by atoms with Crippen molar-refractivity contribution in [3.63, 3.8) is 0 Å². The molecule has 0 amide bonds. The molecule has 2 saturated heterocycles. The highest BCUT2D eigenvalue weighted by Gasteiger charge is 2.14. The van der Waals surface area contributed by atoms with Gasteiger partial charge in [-0.25, -0.2) is 0 Å². The van der Waals surface area contributed by atoms with Gasteiger partial charge in [0, 0.05) is 33.0 Å². The third-order valence-electron chi connectivity index (χ3n) is 10.3. The van der Waals surface area contributed by atoms with E-state index in [4.69, 9.17) is 24.1 Å². The average Bonchev–Trinajstić information content (AvgIpc) is 3.20. The largest absolute Gasteiger partial charge is 0.396 e. The second-order valence-corrected chi connectivity index (χ2v) is 15.9. The summed E-state index contributed by atoms with van der Waals surface area (Å²) < 4.78 is 22.6. The number of rotatable bonds is 36. The first-order chi connectivity index (χ1) is 27.2. The summed E-state index contributed by atoms with van der Waals surface area (Å²) in [5, 5.41) is 17.9. The van der Waals surface area contributed by atoms with Gasteiger partial charge in [0.2, 0.25) is 0 Å². The van der Waals surface area contributed by atoms with Crippen LogP contribution in [0.2, 0.25) is 0 Å². The minimum absolute atomic E-state index is 0.0705. The molecule has 6 heteroatoms. The minimum Gasteiger partial charge on any atom is -0.396 e. The summed E-state index contributed by atoms with van der Waals surface area (Å²) in [5.74, 6) is 0. The van der Waals surface area contributed by atoms with Crippen molar-refractivity contribution in [2.24, 2.45) is 0 Å². The second kappa shape index (κ2) is 43.8. The Morgan fingerprint density at radius 2 is 0.782 bits per heavy atom. The molecular formula is C49H90O6. The van der Waals surface area contributed by atoms with Crippen molar-refractivity contribution < 1.29 is 29.2 Å². The summed E-state index contributed by atoms with van der Waals surface area (Å²) in [7, 11) is 0. The Labute approximate surface area is 341 Å². The smallest absolute Gasteiger partial charge is 0.157 e. The molecule has 2 aliphatic rings. The van der Waals surface area contributed by atoms with Gasteiger partial charge in [-0.2, -0.15) is 0 Å². The first-order valence-corrected chi connectivity index (χ1v) is 23.6. The summed E-state index contributed by atoms with van der Waals surface area (Å²) in [6.45, 7) is 5.62. The zero-order chi connectivity index (χ0) is 39.4. The van der Waals surface area contributed by atoms with E-state index >= 15 is 0 Å². The molecule has 6 nitrogen and oxygen atoms in total. The maximum absolute atomic E-state index is 9.19. The molecule has 0 radical (unpaired) electrons. The summed E-state index contributed by atoms with van der Waals surface area (Å²) in [5.41, 5.74) is 0. The number of allylic oxidation sites excluding steroid dienone is 8. The molecule has 55 heavy (non-hydrogen) atoms. The Bertz CT molecular complexity index is 855. The van der Waals surface area contributed by atoms with Crippen molar-refractivity contribution >= 4 is 0 Å². The molecule has 0 aromatic carbocycles. The third-order valence-corrected chi connectivity index (χ3v) is 10.3. The lowest BCUT2D eigenvalue weighted by Crippen LogP contribution is -2.22. The molecule has 3 atom stereocenters. The fourth-order valence-corrected chi connectivity index (χ4v) is 6.80. The summed E-state index contributed by atoms with van der Waals surface area (Å²) >= 11 is 0. The number of unbranched alkanes of at least 4 members (excludes halogenated alkanes) is 19. The summed E-state index contributed by atoms with van der Waals surface area (Å²) in [6.07, 6.45) is 57.3. The molecule has 0 aliphatic carbocycles. The molecule has 0 saturated carbocycles. The predicted octanol–water partition coefficient (Wildman–Crippen LogP) is 13.8. The zero-order valence-corrected chi connectivity index (χ0v) is 36.0. The van der Waals surface area contributed by atoms with E-state index < -0.39 is 0 Å². The molecule has 2 aliphatic heterocycles. The average molecular weight is 775 g/mol. The summed E-state index contributed by atoms with van der Waals surface area (Å²) in [6, 6.07) is 0. The number of hydrogen-bond acceptors (Lipinski definition) is 6. The fraction of sp³-hybridized carbons (Fsp3) is 0.837. The van der Waals surface area contributed by atoms with Crippen molar-refractivity contribution in [1.29, 1.82) is 0 Å². The molecule has 0 aromatic heterocycles. The van der Waals surface area contributed by atoms with Crippen LogP contribution in [0.1, 0.15) is 212 Å². The molecule has 0 aromatic rings. The van der Waals surface area contributed by atoms with Gasteiger partial charge in [0.1, 0.15) is 0 Å². The van der Waals surface area contributed by atoms with E-state index in [0.29, 0.717) is 6.61 Å². The lowest BCUT2D eigenvalue weighted by molar-refractivity contribution is -0.163. The molecule has 322 valence electrons. The van der Waals surface area contributed by atoms with Gasteiger partial charge in [-0.3, -0.25) is 0 Å². The van der Waals surface area contributed by atoms with Gasteiger partial charge in [-0.05, 0) is 174 Å². The van der Waals surface area contributed by atoms with Gasteiger partial charge in [0.25, 0.3) is 0 Å². The van der Waals surface area contributed by atoms with Gasteiger partial charge in [0.05, 0.1) is 6.10 Å². The number of aliphatic hydroxyl groups excluding tert-OH is 2. The normalized spacial score (nSPS) is 18.5. The van der Waals surface area contributed by atoms with Crippen molar-refractivity contribution in [1.82, 2.24) is 0 Å². The van der Waals surface area contributed by atoms with Crippen LogP contribution in [0.5, 0.6) is 0 Å². The summed E-state index contributed by atoms with van der Waals surface area (Å²) in [4.78, 5) is 0. The molecule has 2 rings (SSSR count). The van der Waals surface area contributed by atoms with Crippen molar-refractivity contribution in [3.8, 4) is 0 Å². The van der Waals surface area contributed by atoms with E-state index in [-0.39, 0.29) is 18.7 Å². The second-order valence-electron chi connectivity index (χ2n) is 15.9. The first-order valence-electron chi connectivity index (χ1n) is 23.6. The number of hydrogen-bond donors (Lipinski definition) is 2. The standard InChI is InChI=1S/C25H46O3.C24H44O3/c1-24(26)20-16-14-12-10-8-6-4-2-3-5-7-9-11-13-15-18-22-27-25-21-17-19-23-28-25;25-21-17-14-12-10-8-6-4-2-1-3-5-7-9-11-13-15-18-22-26-24-20-16-19-23-27-24/h9-12,24-26H,2-8,13-23H2,1H3;8-11,24-25H,1-7,12-23H2/b11-9-,12-10-;10-8-,11-9-. The highest BCUT2D eigenvalue weighted by Crippen LogP contribution is 2.16. The van der Waals surface area contributed by atoms with Gasteiger partial charge in [-0.1, -0.05) is 87.1 Å². The number of aliphatic hydroxyl groups is 2. The zero-order valence-electron chi connectivity index (χ0n) is 36.0. The van der Waals surface area contributed by atoms with E-state index in [9.17, 15) is 5.11 Å². The van der Waals surface area contributed by atoms with E-state index in [1.165, 1.54) is 141 Å². The monoisotopic (exact) mass is 775 g/mol. The molecule has 2 fully saturated rings. The van der Waals surface area contributed by atoms with Gasteiger partial charge >= 0.3 is 0 Å². The third kappa shape index (κ3) is 40.7. The Morgan fingerprint density at radius 1 is 0.455 bits per heavy atom. The van der Waals surface area contributed by atoms with Crippen molar-refractivity contribution in [3.05, 3.63) is 48.6 Å². The Hall–Kier alpha value is -1.28. The van der Waals surface area contributed by atoms with Crippen LogP contribution in [-0.2, 0) is 18.9 Å². The Balaban J connectivity index is 0.000000550. The Morgan fingerprint density at radius 3 is 1.11 bits per heavy atom. The lowest BCUT2D eigenvalue weighted by Gasteiger charge is -2.22. The quantitative estimate of drug-likeness (QED) is 0.0488.